The molecule has 0 saturated carbocycles. The molecular formula is C13H16ClNO2. The lowest BCUT2D eigenvalue weighted by atomic mass is 10.2. The zero-order chi connectivity index (χ0) is 12.8. The molecule has 0 aliphatic rings. The van der Waals surface area contributed by atoms with Gasteiger partial charge in [0.25, 0.3) is 5.24 Å². The van der Waals surface area contributed by atoms with E-state index in [-0.39, 0.29) is 5.76 Å². The minimum atomic E-state index is -0.571. The molecule has 0 amide bonds. The first-order valence-electron chi connectivity index (χ1n) is 5.31. The van der Waals surface area contributed by atoms with Crippen molar-refractivity contribution in [1.29, 1.82) is 0 Å². The molecule has 3 nitrogen and oxygen atoms in total. The van der Waals surface area contributed by atoms with Gasteiger partial charge in [-0.25, -0.2) is 0 Å². The summed E-state index contributed by atoms with van der Waals surface area (Å²) < 4.78 is 5.27. The van der Waals surface area contributed by atoms with E-state index >= 15 is 0 Å². The standard InChI is InChI=1S/C13H16ClNO2/c1-4-6-15(7-5-2)9-11-8-12(13(14)16)17-10(11)3/h4-5,8H,1-2,6-7,9H2,3H3. The first kappa shape index (κ1) is 13.7. The summed E-state index contributed by atoms with van der Waals surface area (Å²) >= 11 is 5.37. The van der Waals surface area contributed by atoms with Crippen LogP contribution in [0.3, 0.4) is 0 Å². The molecule has 0 atom stereocenters. The molecule has 92 valence electrons. The van der Waals surface area contributed by atoms with Crippen molar-refractivity contribution in [2.75, 3.05) is 13.1 Å². The van der Waals surface area contributed by atoms with Crippen molar-refractivity contribution in [2.45, 2.75) is 13.5 Å². The van der Waals surface area contributed by atoms with Crippen LogP contribution in [0.2, 0.25) is 0 Å². The SMILES string of the molecule is C=CCN(CC=C)Cc1cc(C(=O)Cl)oc1C. The van der Waals surface area contributed by atoms with Crippen LogP contribution in [-0.4, -0.2) is 23.2 Å². The molecule has 1 aromatic heterocycles. The van der Waals surface area contributed by atoms with E-state index < -0.39 is 5.24 Å². The second-order valence-corrected chi connectivity index (χ2v) is 4.08. The number of hydrogen-bond donors (Lipinski definition) is 0. The van der Waals surface area contributed by atoms with Gasteiger partial charge in [-0.2, -0.15) is 0 Å². The third-order valence-corrected chi connectivity index (χ3v) is 2.57. The number of nitrogens with zero attached hydrogens (tertiary/aromatic N) is 1. The van der Waals surface area contributed by atoms with Crippen LogP contribution in [0, 0.1) is 6.92 Å². The van der Waals surface area contributed by atoms with E-state index in [1.807, 2.05) is 19.1 Å². The average Bonchev–Trinajstić information content (AvgIpc) is 2.61. The van der Waals surface area contributed by atoms with Crippen LogP contribution in [0.4, 0.5) is 0 Å². The number of carbonyl (C=O) groups excluding carboxylic acids is 1. The minimum Gasteiger partial charge on any atom is -0.457 e. The number of aryl methyl sites for hydroxylation is 1. The summed E-state index contributed by atoms with van der Waals surface area (Å²) in [5.74, 6) is 0.906. The highest BCUT2D eigenvalue weighted by atomic mass is 35.5. The van der Waals surface area contributed by atoms with E-state index in [1.54, 1.807) is 6.07 Å². The Kier molecular flexibility index (Phi) is 5.19. The Morgan fingerprint density at radius 2 is 2.06 bits per heavy atom. The Bertz CT molecular complexity index is 413. The number of carbonyl (C=O) groups is 1. The minimum absolute atomic E-state index is 0.191. The summed E-state index contributed by atoms with van der Waals surface area (Å²) in [4.78, 5) is 13.1. The van der Waals surface area contributed by atoms with Crippen molar-refractivity contribution in [3.63, 3.8) is 0 Å². The van der Waals surface area contributed by atoms with Crippen LogP contribution in [0.5, 0.6) is 0 Å². The van der Waals surface area contributed by atoms with E-state index in [2.05, 4.69) is 18.1 Å². The van der Waals surface area contributed by atoms with Crippen LogP contribution in [0.25, 0.3) is 0 Å². The van der Waals surface area contributed by atoms with Gasteiger partial charge in [0.05, 0.1) is 0 Å². The lowest BCUT2D eigenvalue weighted by Crippen LogP contribution is -2.23. The van der Waals surface area contributed by atoms with Crippen molar-refractivity contribution < 1.29 is 9.21 Å². The predicted octanol–water partition coefficient (Wildman–Crippen LogP) is 3.14. The van der Waals surface area contributed by atoms with Gasteiger partial charge in [-0.05, 0) is 24.6 Å². The van der Waals surface area contributed by atoms with Crippen molar-refractivity contribution in [3.05, 3.63) is 48.5 Å². The third kappa shape index (κ3) is 3.88. The van der Waals surface area contributed by atoms with E-state index in [9.17, 15) is 4.79 Å². The maximum Gasteiger partial charge on any atom is 0.287 e. The van der Waals surface area contributed by atoms with Crippen LogP contribution in [0.1, 0.15) is 21.9 Å². The molecular weight excluding hydrogens is 238 g/mol. The molecule has 1 heterocycles. The second-order valence-electron chi connectivity index (χ2n) is 3.74. The lowest BCUT2D eigenvalue weighted by Gasteiger charge is -2.17. The van der Waals surface area contributed by atoms with Gasteiger partial charge in [-0.15, -0.1) is 13.2 Å². The van der Waals surface area contributed by atoms with Gasteiger partial charge in [0.15, 0.2) is 5.76 Å². The largest absolute Gasteiger partial charge is 0.457 e. The molecule has 0 aromatic carbocycles. The predicted molar refractivity (Wildman–Crippen MR) is 69.3 cm³/mol. The summed E-state index contributed by atoms with van der Waals surface area (Å²) in [7, 11) is 0. The van der Waals surface area contributed by atoms with Gasteiger partial charge in [0.2, 0.25) is 0 Å². The van der Waals surface area contributed by atoms with Crippen molar-refractivity contribution in [3.8, 4) is 0 Å². The lowest BCUT2D eigenvalue weighted by molar-refractivity contribution is 0.105. The molecule has 0 fully saturated rings. The number of rotatable bonds is 7. The molecule has 4 heteroatoms. The first-order chi connectivity index (χ1) is 8.08. The summed E-state index contributed by atoms with van der Waals surface area (Å²) in [5.41, 5.74) is 0.956. The van der Waals surface area contributed by atoms with E-state index in [4.69, 9.17) is 16.0 Å². The Morgan fingerprint density at radius 1 is 1.47 bits per heavy atom. The summed E-state index contributed by atoms with van der Waals surface area (Å²) in [6, 6.07) is 1.68. The molecule has 17 heavy (non-hydrogen) atoms. The maximum absolute atomic E-state index is 11.0. The van der Waals surface area contributed by atoms with Crippen LogP contribution in [0.15, 0.2) is 35.8 Å². The number of hydrogen-bond acceptors (Lipinski definition) is 3. The molecule has 0 aliphatic carbocycles. The van der Waals surface area contributed by atoms with Crippen molar-refractivity contribution in [1.82, 2.24) is 4.90 Å². The summed E-state index contributed by atoms with van der Waals surface area (Å²) in [6.45, 7) is 11.4. The topological polar surface area (TPSA) is 33.5 Å². The third-order valence-electron chi connectivity index (χ3n) is 2.38. The highest BCUT2D eigenvalue weighted by Crippen LogP contribution is 2.18. The Labute approximate surface area is 106 Å². The maximum atomic E-state index is 11.0. The Hall–Kier alpha value is -1.32. The molecule has 0 unspecified atom stereocenters. The molecule has 0 radical (unpaired) electrons. The molecule has 1 aromatic rings. The zero-order valence-corrected chi connectivity index (χ0v) is 10.7. The molecule has 1 rings (SSSR count). The highest BCUT2D eigenvalue weighted by molar-refractivity contribution is 6.67. The Balaban J connectivity index is 2.80. The summed E-state index contributed by atoms with van der Waals surface area (Å²) in [6.07, 6.45) is 3.65. The average molecular weight is 254 g/mol. The van der Waals surface area contributed by atoms with Crippen LogP contribution in [-0.2, 0) is 6.54 Å². The van der Waals surface area contributed by atoms with Gasteiger partial charge >= 0.3 is 0 Å². The quantitative estimate of drug-likeness (QED) is 0.553. The molecule has 0 bridgehead atoms. The van der Waals surface area contributed by atoms with Crippen molar-refractivity contribution >= 4 is 16.8 Å². The van der Waals surface area contributed by atoms with Crippen molar-refractivity contribution in [2.24, 2.45) is 0 Å². The highest BCUT2D eigenvalue weighted by Gasteiger charge is 2.14. The zero-order valence-electron chi connectivity index (χ0n) is 9.91. The fourth-order valence-corrected chi connectivity index (χ4v) is 1.68. The van der Waals surface area contributed by atoms with Gasteiger partial charge in [0.1, 0.15) is 5.76 Å². The summed E-state index contributed by atoms with van der Waals surface area (Å²) in [5, 5.41) is -0.571. The van der Waals surface area contributed by atoms with E-state index in [0.29, 0.717) is 12.3 Å². The van der Waals surface area contributed by atoms with Crippen LogP contribution < -0.4 is 0 Å². The van der Waals surface area contributed by atoms with Gasteiger partial charge in [-0.3, -0.25) is 9.69 Å². The van der Waals surface area contributed by atoms with Crippen LogP contribution >= 0.6 is 11.6 Å². The molecule has 0 aliphatic heterocycles. The van der Waals surface area contributed by atoms with Gasteiger partial charge in [0, 0.05) is 25.2 Å². The molecule has 0 N–H and O–H groups in total. The molecule has 0 saturated heterocycles. The first-order valence-corrected chi connectivity index (χ1v) is 5.69. The van der Waals surface area contributed by atoms with Gasteiger partial charge in [-0.1, -0.05) is 12.2 Å². The normalized spacial score (nSPS) is 10.5. The Morgan fingerprint density at radius 3 is 2.47 bits per heavy atom. The monoisotopic (exact) mass is 253 g/mol. The molecule has 0 spiro atoms. The fourth-order valence-electron chi connectivity index (χ4n) is 1.58. The fraction of sp³-hybridized carbons (Fsp3) is 0.308. The number of halogens is 1. The number of furan rings is 1. The van der Waals surface area contributed by atoms with Gasteiger partial charge < -0.3 is 4.42 Å². The smallest absolute Gasteiger partial charge is 0.287 e. The van der Waals surface area contributed by atoms with E-state index in [1.165, 1.54) is 0 Å². The second kappa shape index (κ2) is 6.42. The van der Waals surface area contributed by atoms with E-state index in [0.717, 1.165) is 18.7 Å².